The first-order valence-corrected chi connectivity index (χ1v) is 15.6. The summed E-state index contributed by atoms with van der Waals surface area (Å²) in [4.78, 5) is 12.4. The number of rotatable bonds is 4. The van der Waals surface area contributed by atoms with Crippen LogP contribution in [-0.4, -0.2) is 20.7 Å². The third-order valence-electron chi connectivity index (χ3n) is 10.9. The summed E-state index contributed by atoms with van der Waals surface area (Å²) >= 11 is 0. The Morgan fingerprint density at radius 2 is 1.80 bits per heavy atom. The fourth-order valence-electron chi connectivity index (χ4n) is 8.10. The van der Waals surface area contributed by atoms with Crippen molar-refractivity contribution in [2.24, 2.45) is 40.4 Å². The van der Waals surface area contributed by atoms with Crippen LogP contribution in [0.5, 0.6) is 0 Å². The number of carbonyl (C=O) groups excluding carboxylic acids is 1. The highest BCUT2D eigenvalue weighted by Gasteiger charge is 2.61. The van der Waals surface area contributed by atoms with Gasteiger partial charge < -0.3 is 4.43 Å². The van der Waals surface area contributed by atoms with Crippen LogP contribution in [0.2, 0.25) is 18.1 Å². The molecule has 0 radical (unpaired) electrons. The molecule has 0 amide bonds. The van der Waals surface area contributed by atoms with Crippen molar-refractivity contribution in [2.45, 2.75) is 104 Å². The molecule has 0 unspecified atom stereocenters. The summed E-state index contributed by atoms with van der Waals surface area (Å²) in [5.74, 6) is 3.90. The molecule has 30 heavy (non-hydrogen) atoms. The van der Waals surface area contributed by atoms with Crippen molar-refractivity contribution in [3.63, 3.8) is 0 Å². The Bertz CT molecular complexity index is 704. The van der Waals surface area contributed by atoms with Gasteiger partial charge in [-0.3, -0.25) is 4.79 Å². The predicted molar refractivity (Wildman–Crippen MR) is 128 cm³/mol. The highest BCUT2D eigenvalue weighted by Crippen LogP contribution is 2.67. The number of hydrogen-bond acceptors (Lipinski definition) is 2. The third kappa shape index (κ3) is 3.41. The van der Waals surface area contributed by atoms with Gasteiger partial charge in [-0.25, -0.2) is 0 Å². The summed E-state index contributed by atoms with van der Waals surface area (Å²) in [6.07, 6.45) is 15.1. The maximum Gasteiger partial charge on any atom is 0.192 e. The minimum atomic E-state index is -1.76. The normalized spacial score (nSPS) is 43.6. The lowest BCUT2D eigenvalue weighted by Crippen LogP contribution is -2.57. The summed E-state index contributed by atoms with van der Waals surface area (Å²) in [6.45, 7) is 17.2. The predicted octanol–water partition coefficient (Wildman–Crippen LogP) is 7.40. The molecule has 0 aliphatic heterocycles. The molecule has 0 N–H and O–H groups in total. The molecule has 2 nitrogen and oxygen atoms in total. The van der Waals surface area contributed by atoms with Crippen LogP contribution >= 0.6 is 0 Å². The molecule has 3 heteroatoms. The topological polar surface area (TPSA) is 26.3 Å². The van der Waals surface area contributed by atoms with E-state index in [0.29, 0.717) is 17.1 Å². The van der Waals surface area contributed by atoms with E-state index in [1.807, 2.05) is 6.92 Å². The first-order valence-electron chi connectivity index (χ1n) is 12.7. The molecule has 0 aromatic rings. The molecular weight excluding hydrogens is 384 g/mol. The van der Waals surface area contributed by atoms with Crippen LogP contribution in [0.15, 0.2) is 12.2 Å². The van der Waals surface area contributed by atoms with Gasteiger partial charge in [0.05, 0.1) is 0 Å². The molecule has 0 bridgehead atoms. The lowest BCUT2D eigenvalue weighted by atomic mass is 9.45. The Morgan fingerprint density at radius 1 is 1.07 bits per heavy atom. The van der Waals surface area contributed by atoms with Crippen molar-refractivity contribution >= 4 is 14.1 Å². The van der Waals surface area contributed by atoms with Gasteiger partial charge >= 0.3 is 0 Å². The van der Waals surface area contributed by atoms with E-state index in [9.17, 15) is 4.79 Å². The van der Waals surface area contributed by atoms with Crippen LogP contribution in [0.3, 0.4) is 0 Å². The molecule has 170 valence electrons. The molecule has 0 heterocycles. The van der Waals surface area contributed by atoms with Gasteiger partial charge in [0, 0.05) is 17.9 Å². The van der Waals surface area contributed by atoms with Crippen molar-refractivity contribution in [2.75, 3.05) is 6.61 Å². The van der Waals surface area contributed by atoms with Crippen molar-refractivity contribution in [1.29, 1.82) is 0 Å². The zero-order valence-corrected chi connectivity index (χ0v) is 21.7. The standard InChI is InChI=1S/C27H46O2Si/c1-19(28)22-13-14-23-21-12-11-20-10-8-9-16-27(20,24(21)15-17-26(22,23)5)18-29-30(6,7)25(2,3)4/h8-9,20-24H,10-18H2,1-7H3/t20-,21+,22-,23+,24+,26-,27-/m1/s1. The van der Waals surface area contributed by atoms with Crippen molar-refractivity contribution in [3.05, 3.63) is 12.2 Å². The summed E-state index contributed by atoms with van der Waals surface area (Å²) in [6, 6.07) is 0. The van der Waals surface area contributed by atoms with E-state index in [1.54, 1.807) is 0 Å². The Morgan fingerprint density at radius 3 is 2.47 bits per heavy atom. The zero-order chi connectivity index (χ0) is 21.9. The van der Waals surface area contributed by atoms with Crippen molar-refractivity contribution in [3.8, 4) is 0 Å². The first-order chi connectivity index (χ1) is 13.9. The van der Waals surface area contributed by atoms with E-state index in [1.165, 1.54) is 44.9 Å². The molecule has 7 atom stereocenters. The molecule has 3 fully saturated rings. The highest BCUT2D eigenvalue weighted by molar-refractivity contribution is 6.74. The fraction of sp³-hybridized carbons (Fsp3) is 0.889. The molecule has 0 spiro atoms. The number of carbonyl (C=O) groups is 1. The quantitative estimate of drug-likeness (QED) is 0.343. The van der Waals surface area contributed by atoms with Crippen LogP contribution in [-0.2, 0) is 9.22 Å². The molecule has 4 aliphatic carbocycles. The molecule has 0 aromatic heterocycles. The second-order valence-corrected chi connectivity index (χ2v) is 17.9. The first kappa shape index (κ1) is 22.8. The van der Waals surface area contributed by atoms with E-state index in [-0.39, 0.29) is 10.5 Å². The fourth-order valence-corrected chi connectivity index (χ4v) is 9.17. The van der Waals surface area contributed by atoms with E-state index >= 15 is 0 Å². The zero-order valence-electron chi connectivity index (χ0n) is 20.7. The Balaban J connectivity index is 1.63. The maximum absolute atomic E-state index is 12.4. The van der Waals surface area contributed by atoms with Gasteiger partial charge in [0.25, 0.3) is 0 Å². The van der Waals surface area contributed by atoms with E-state index in [2.05, 4.69) is 52.9 Å². The summed E-state index contributed by atoms with van der Waals surface area (Å²) in [5, 5.41) is 0.267. The van der Waals surface area contributed by atoms with Crippen LogP contribution in [0.25, 0.3) is 0 Å². The molecule has 4 rings (SSSR count). The van der Waals surface area contributed by atoms with Crippen molar-refractivity contribution < 1.29 is 9.22 Å². The second kappa shape index (κ2) is 7.58. The monoisotopic (exact) mass is 430 g/mol. The largest absolute Gasteiger partial charge is 0.416 e. The van der Waals surface area contributed by atoms with Crippen LogP contribution in [0.1, 0.15) is 86.0 Å². The van der Waals surface area contributed by atoms with Crippen molar-refractivity contribution in [1.82, 2.24) is 0 Å². The minimum absolute atomic E-state index is 0.256. The van der Waals surface area contributed by atoms with Gasteiger partial charge in [-0.2, -0.15) is 0 Å². The summed E-state index contributed by atoms with van der Waals surface area (Å²) < 4.78 is 6.99. The number of allylic oxidation sites excluding steroid dienone is 2. The lowest BCUT2D eigenvalue weighted by Gasteiger charge is -2.61. The highest BCUT2D eigenvalue weighted by atomic mass is 28.4. The SMILES string of the molecule is CC(=O)[C@H]1CC[C@H]2[C@@H]3CC[C@H]4CC=CC[C@]4(CO[Si](C)(C)C(C)(C)C)[C@H]3CC[C@]12C. The molecule has 0 aromatic carbocycles. The molecular formula is C27H46O2Si. The van der Waals surface area contributed by atoms with Gasteiger partial charge in [0.2, 0.25) is 0 Å². The van der Waals surface area contributed by atoms with Gasteiger partial charge in [-0.05, 0) is 106 Å². The Kier molecular flexibility index (Phi) is 5.75. The number of hydrogen-bond donors (Lipinski definition) is 0. The smallest absolute Gasteiger partial charge is 0.192 e. The van der Waals surface area contributed by atoms with Crippen LogP contribution in [0.4, 0.5) is 0 Å². The molecule has 3 saturated carbocycles. The maximum atomic E-state index is 12.4. The number of ketones is 1. The van der Waals surface area contributed by atoms with Crippen LogP contribution in [0, 0.1) is 40.4 Å². The van der Waals surface area contributed by atoms with Gasteiger partial charge in [-0.15, -0.1) is 0 Å². The Labute approximate surface area is 186 Å². The van der Waals surface area contributed by atoms with E-state index in [4.69, 9.17) is 4.43 Å². The number of fused-ring (bicyclic) bond motifs is 5. The Hall–Kier alpha value is -0.413. The summed E-state index contributed by atoms with van der Waals surface area (Å²) in [7, 11) is -1.76. The second-order valence-electron chi connectivity index (χ2n) is 13.1. The summed E-state index contributed by atoms with van der Waals surface area (Å²) in [5.41, 5.74) is 0.592. The van der Waals surface area contributed by atoms with Gasteiger partial charge in [0.1, 0.15) is 5.78 Å². The van der Waals surface area contributed by atoms with E-state index < -0.39 is 8.32 Å². The van der Waals surface area contributed by atoms with Gasteiger partial charge in [0.15, 0.2) is 8.32 Å². The lowest BCUT2D eigenvalue weighted by molar-refractivity contribution is -0.136. The third-order valence-corrected chi connectivity index (χ3v) is 15.4. The number of Topliss-reactive ketones (excluding diaryl/α,β-unsaturated/α-hetero) is 1. The van der Waals surface area contributed by atoms with Crippen LogP contribution < -0.4 is 0 Å². The minimum Gasteiger partial charge on any atom is -0.416 e. The van der Waals surface area contributed by atoms with Gasteiger partial charge in [-0.1, -0.05) is 39.8 Å². The average molecular weight is 431 g/mol. The molecule has 4 aliphatic rings. The average Bonchev–Trinajstić information content (AvgIpc) is 3.03. The molecule has 0 saturated heterocycles. The van der Waals surface area contributed by atoms with E-state index in [0.717, 1.165) is 36.7 Å².